The average molecular weight is 528 g/mol. The molecule has 3 aliphatic rings. The monoisotopic (exact) mass is 527 g/mol. The number of fused-ring (bicyclic) bond motifs is 6. The van der Waals surface area contributed by atoms with Crippen LogP contribution in [-0.4, -0.2) is 90.4 Å². The Morgan fingerprint density at radius 2 is 1.71 bits per heavy atom. The molecule has 0 unspecified atom stereocenters. The molecule has 6 rings (SSSR count). The molecule has 3 heterocycles. The second kappa shape index (κ2) is 8.87. The standard InChI is InChI=1S/C27H29NO10/c1-28-21-14(5-4-12-8-18-19(9-15(12)21)37-11-36-18)13-6-7-17(34-2)24(35-3)20(13)22(28)25(31)27(33)26(32)23(30)16(29)10-38-27/h4-9,16,22-23,25-26,29-33H,10-11H2,1-3H3/t16-,22+,23-,25+,26+,27+/m1/s1. The third-order valence-corrected chi connectivity index (χ3v) is 7.77. The summed E-state index contributed by atoms with van der Waals surface area (Å²) in [7, 11) is 4.70. The number of hydrogen-bond acceptors (Lipinski definition) is 11. The van der Waals surface area contributed by atoms with E-state index in [0.29, 0.717) is 34.1 Å². The zero-order valence-electron chi connectivity index (χ0n) is 21.0. The predicted molar refractivity (Wildman–Crippen MR) is 135 cm³/mol. The topological polar surface area (TPSA) is 151 Å². The van der Waals surface area contributed by atoms with Gasteiger partial charge in [0.25, 0.3) is 0 Å². The maximum atomic E-state index is 11.8. The Hall–Kier alpha value is -3.32. The lowest BCUT2D eigenvalue weighted by Gasteiger charge is -2.49. The average Bonchev–Trinajstić information content (AvgIpc) is 3.39. The van der Waals surface area contributed by atoms with Gasteiger partial charge >= 0.3 is 0 Å². The highest BCUT2D eigenvalue weighted by Crippen LogP contribution is 2.55. The number of benzene rings is 3. The third kappa shape index (κ3) is 3.37. The summed E-state index contributed by atoms with van der Waals surface area (Å²) in [4.78, 5) is 1.76. The van der Waals surface area contributed by atoms with Crippen molar-refractivity contribution in [1.29, 1.82) is 0 Å². The maximum Gasteiger partial charge on any atom is 0.231 e. The van der Waals surface area contributed by atoms with E-state index in [1.54, 1.807) is 18.0 Å². The lowest BCUT2D eigenvalue weighted by Crippen LogP contribution is -2.67. The first-order valence-electron chi connectivity index (χ1n) is 12.1. The van der Waals surface area contributed by atoms with Crippen LogP contribution in [0, 0.1) is 0 Å². The molecule has 6 atom stereocenters. The molecule has 0 radical (unpaired) electrons. The zero-order chi connectivity index (χ0) is 26.9. The highest BCUT2D eigenvalue weighted by molar-refractivity contribution is 6.05. The second-order valence-corrected chi connectivity index (χ2v) is 9.72. The quantitative estimate of drug-likeness (QED) is 0.329. The number of ether oxygens (including phenoxy) is 5. The fraction of sp³-hybridized carbons (Fsp3) is 0.407. The molecule has 0 aromatic heterocycles. The maximum absolute atomic E-state index is 11.8. The van der Waals surface area contributed by atoms with Gasteiger partial charge in [0, 0.05) is 23.6 Å². The molecule has 3 aromatic carbocycles. The van der Waals surface area contributed by atoms with Crippen LogP contribution in [0.25, 0.3) is 21.9 Å². The van der Waals surface area contributed by atoms with Crippen LogP contribution in [0.4, 0.5) is 5.69 Å². The van der Waals surface area contributed by atoms with Crippen LogP contribution in [0.15, 0.2) is 36.4 Å². The van der Waals surface area contributed by atoms with Crippen molar-refractivity contribution in [3.8, 4) is 34.1 Å². The second-order valence-electron chi connectivity index (χ2n) is 9.72. The van der Waals surface area contributed by atoms with E-state index in [9.17, 15) is 25.5 Å². The molecule has 3 aliphatic heterocycles. The van der Waals surface area contributed by atoms with E-state index >= 15 is 0 Å². The summed E-state index contributed by atoms with van der Waals surface area (Å²) < 4.78 is 27.8. The summed E-state index contributed by atoms with van der Waals surface area (Å²) >= 11 is 0. The number of nitrogens with zero attached hydrogens (tertiary/aromatic N) is 1. The van der Waals surface area contributed by atoms with Crippen molar-refractivity contribution in [3.63, 3.8) is 0 Å². The Bertz CT molecular complexity index is 1410. The minimum Gasteiger partial charge on any atom is -0.493 e. The SMILES string of the molecule is COc1ccc2c(c1OC)[C@@H]([C@H](O)[C@]1(O)OC[C@@H](O)[C@@H](O)[C@@H]1O)N(C)c1c-2ccc2cc3c(cc12)OCO3. The molecule has 0 bridgehead atoms. The molecule has 11 nitrogen and oxygen atoms in total. The van der Waals surface area contributed by atoms with E-state index in [1.807, 2.05) is 30.3 Å². The van der Waals surface area contributed by atoms with Gasteiger partial charge < -0.3 is 54.1 Å². The molecule has 0 amide bonds. The third-order valence-electron chi connectivity index (χ3n) is 7.77. The number of aliphatic hydroxyl groups is 5. The van der Waals surface area contributed by atoms with Gasteiger partial charge in [-0.25, -0.2) is 0 Å². The first kappa shape index (κ1) is 25.0. The molecule has 3 aromatic rings. The van der Waals surface area contributed by atoms with Gasteiger partial charge in [-0.05, 0) is 35.2 Å². The van der Waals surface area contributed by atoms with Gasteiger partial charge in [-0.15, -0.1) is 0 Å². The van der Waals surface area contributed by atoms with E-state index in [2.05, 4.69) is 0 Å². The van der Waals surface area contributed by atoms with Crippen molar-refractivity contribution < 1.29 is 49.2 Å². The summed E-state index contributed by atoms with van der Waals surface area (Å²) in [5.74, 6) is -0.691. The highest BCUT2D eigenvalue weighted by atomic mass is 16.7. The normalized spacial score (nSPS) is 28.6. The van der Waals surface area contributed by atoms with E-state index in [1.165, 1.54) is 14.2 Å². The Balaban J connectivity index is 1.60. The number of anilines is 1. The minimum atomic E-state index is -2.62. The summed E-state index contributed by atoms with van der Waals surface area (Å²) in [6, 6.07) is 10.2. The van der Waals surface area contributed by atoms with Crippen LogP contribution in [0.5, 0.6) is 23.0 Å². The molecule has 202 valence electrons. The van der Waals surface area contributed by atoms with Gasteiger partial charge in [0.05, 0.1) is 32.6 Å². The van der Waals surface area contributed by atoms with E-state index in [4.69, 9.17) is 23.7 Å². The van der Waals surface area contributed by atoms with Gasteiger partial charge in [0.1, 0.15) is 24.4 Å². The van der Waals surface area contributed by atoms with E-state index in [-0.39, 0.29) is 6.79 Å². The first-order chi connectivity index (χ1) is 18.2. The smallest absolute Gasteiger partial charge is 0.231 e. The van der Waals surface area contributed by atoms with E-state index in [0.717, 1.165) is 22.0 Å². The van der Waals surface area contributed by atoms with Crippen LogP contribution in [0.1, 0.15) is 11.6 Å². The van der Waals surface area contributed by atoms with Crippen LogP contribution in [-0.2, 0) is 4.74 Å². The molecule has 11 heteroatoms. The van der Waals surface area contributed by atoms with Crippen molar-refractivity contribution in [3.05, 3.63) is 42.0 Å². The Kier molecular flexibility index (Phi) is 5.83. The lowest BCUT2D eigenvalue weighted by molar-refractivity contribution is -0.354. The van der Waals surface area contributed by atoms with Crippen LogP contribution in [0.3, 0.4) is 0 Å². The number of hydrogen-bond donors (Lipinski definition) is 5. The highest BCUT2D eigenvalue weighted by Gasteiger charge is 2.57. The summed E-state index contributed by atoms with van der Waals surface area (Å²) in [6.07, 6.45) is -6.99. The predicted octanol–water partition coefficient (Wildman–Crippen LogP) is 0.906. The van der Waals surface area contributed by atoms with E-state index < -0.39 is 42.9 Å². The molecule has 0 aliphatic carbocycles. The molecule has 1 saturated heterocycles. The number of aliphatic hydroxyl groups excluding tert-OH is 4. The number of likely N-dealkylation sites (N-methyl/N-ethyl adjacent to an activating group) is 1. The molecule has 1 fully saturated rings. The van der Waals surface area contributed by atoms with Crippen molar-refractivity contribution in [1.82, 2.24) is 0 Å². The number of rotatable bonds is 4. The van der Waals surface area contributed by atoms with Crippen molar-refractivity contribution in [2.45, 2.75) is 36.2 Å². The summed E-state index contributed by atoms with van der Waals surface area (Å²) in [5.41, 5.74) is 2.73. The lowest BCUT2D eigenvalue weighted by atomic mass is 9.79. The van der Waals surface area contributed by atoms with Gasteiger partial charge in [0.15, 0.2) is 23.0 Å². The van der Waals surface area contributed by atoms with Crippen LogP contribution in [0.2, 0.25) is 0 Å². The fourth-order valence-electron chi connectivity index (χ4n) is 5.82. The molecular formula is C27H29NO10. The molecular weight excluding hydrogens is 498 g/mol. The molecule has 0 saturated carbocycles. The van der Waals surface area contributed by atoms with Gasteiger partial charge in [-0.2, -0.15) is 0 Å². The largest absolute Gasteiger partial charge is 0.493 e. The molecule has 38 heavy (non-hydrogen) atoms. The molecule has 0 spiro atoms. The zero-order valence-corrected chi connectivity index (χ0v) is 21.0. The Labute approximate surface area is 217 Å². The summed E-state index contributed by atoms with van der Waals surface area (Å²) in [6.45, 7) is -0.380. The van der Waals surface area contributed by atoms with Gasteiger partial charge in [-0.3, -0.25) is 0 Å². The van der Waals surface area contributed by atoms with Crippen molar-refractivity contribution in [2.24, 2.45) is 0 Å². The van der Waals surface area contributed by atoms with Crippen molar-refractivity contribution in [2.75, 3.05) is 39.6 Å². The number of methoxy groups -OCH3 is 2. The fourth-order valence-corrected chi connectivity index (χ4v) is 5.82. The first-order valence-corrected chi connectivity index (χ1v) is 12.1. The van der Waals surface area contributed by atoms with Gasteiger partial charge in [0.2, 0.25) is 12.6 Å². The van der Waals surface area contributed by atoms with Crippen LogP contribution >= 0.6 is 0 Å². The van der Waals surface area contributed by atoms with Crippen LogP contribution < -0.4 is 23.8 Å². The Morgan fingerprint density at radius 3 is 2.42 bits per heavy atom. The Morgan fingerprint density at radius 1 is 1.00 bits per heavy atom. The molecule has 5 N–H and O–H groups in total. The summed E-state index contributed by atoms with van der Waals surface area (Å²) in [5, 5.41) is 55.9. The van der Waals surface area contributed by atoms with Gasteiger partial charge in [-0.1, -0.05) is 12.1 Å². The van der Waals surface area contributed by atoms with Crippen molar-refractivity contribution >= 4 is 16.5 Å². The minimum absolute atomic E-state index is 0.112.